The van der Waals surface area contributed by atoms with E-state index in [-0.39, 0.29) is 5.41 Å². The summed E-state index contributed by atoms with van der Waals surface area (Å²) in [6, 6.07) is 1.07. The van der Waals surface area contributed by atoms with Gasteiger partial charge < -0.3 is 15.4 Å². The van der Waals surface area contributed by atoms with Crippen molar-refractivity contribution in [2.75, 3.05) is 13.7 Å². The van der Waals surface area contributed by atoms with E-state index in [9.17, 15) is 0 Å². The summed E-state index contributed by atoms with van der Waals surface area (Å²) in [7, 11) is 1.88. The minimum atomic E-state index is 0.208. The van der Waals surface area contributed by atoms with Gasteiger partial charge in [0.05, 0.1) is 6.10 Å². The first-order chi connectivity index (χ1) is 10.0. The third-order valence-corrected chi connectivity index (χ3v) is 5.97. The molecule has 2 N–H and O–H groups in total. The average Bonchev–Trinajstić information content (AvgIpc) is 2.92. The second-order valence-corrected chi connectivity index (χ2v) is 7.86. The summed E-state index contributed by atoms with van der Waals surface area (Å²) < 4.78 is 5.87. The highest BCUT2D eigenvalue weighted by molar-refractivity contribution is 5.80. The Morgan fingerprint density at radius 1 is 1.10 bits per heavy atom. The van der Waals surface area contributed by atoms with Crippen LogP contribution in [0.2, 0.25) is 0 Å². The van der Waals surface area contributed by atoms with Crippen LogP contribution in [0.15, 0.2) is 4.99 Å². The molecule has 0 aromatic carbocycles. The standard InChI is InChI=1S/C17H31N3O/c1-11-5-7-12(8-6-11)19-16(18-4)20-14-13-9-10-21-15(13)17(14,2)3/h11-15H,5-10H2,1-4H3,(H2,18,19,20). The first kappa shape index (κ1) is 15.1. The van der Waals surface area contributed by atoms with E-state index in [1.807, 2.05) is 7.05 Å². The number of aliphatic imine (C=N–C) groups is 1. The molecular weight excluding hydrogens is 262 g/mol. The fraction of sp³-hybridized carbons (Fsp3) is 0.941. The maximum Gasteiger partial charge on any atom is 0.191 e. The molecule has 3 atom stereocenters. The molecule has 120 valence electrons. The van der Waals surface area contributed by atoms with Gasteiger partial charge in [0, 0.05) is 37.1 Å². The largest absolute Gasteiger partial charge is 0.377 e. The molecule has 3 aliphatic rings. The maximum absolute atomic E-state index is 5.87. The lowest BCUT2D eigenvalue weighted by molar-refractivity contribution is -0.106. The Labute approximate surface area is 129 Å². The summed E-state index contributed by atoms with van der Waals surface area (Å²) in [5, 5.41) is 7.32. The van der Waals surface area contributed by atoms with Crippen molar-refractivity contribution in [3.8, 4) is 0 Å². The van der Waals surface area contributed by atoms with Gasteiger partial charge in [-0.2, -0.15) is 0 Å². The zero-order valence-electron chi connectivity index (χ0n) is 14.0. The highest BCUT2D eigenvalue weighted by Gasteiger charge is 2.59. The molecule has 1 heterocycles. The Balaban J connectivity index is 1.55. The van der Waals surface area contributed by atoms with Gasteiger partial charge in [0.2, 0.25) is 0 Å². The normalized spacial score (nSPS) is 42.1. The molecule has 3 fully saturated rings. The van der Waals surface area contributed by atoms with Crippen LogP contribution in [-0.2, 0) is 4.74 Å². The minimum Gasteiger partial charge on any atom is -0.377 e. The highest BCUT2D eigenvalue weighted by atomic mass is 16.5. The van der Waals surface area contributed by atoms with Crippen LogP contribution in [0.3, 0.4) is 0 Å². The Hall–Kier alpha value is -0.770. The second-order valence-electron chi connectivity index (χ2n) is 7.86. The van der Waals surface area contributed by atoms with Gasteiger partial charge in [-0.3, -0.25) is 4.99 Å². The van der Waals surface area contributed by atoms with Gasteiger partial charge in [-0.1, -0.05) is 20.8 Å². The van der Waals surface area contributed by atoms with Crippen molar-refractivity contribution in [1.82, 2.24) is 10.6 Å². The Morgan fingerprint density at radius 3 is 2.48 bits per heavy atom. The van der Waals surface area contributed by atoms with Crippen molar-refractivity contribution in [2.24, 2.45) is 22.2 Å². The van der Waals surface area contributed by atoms with Crippen molar-refractivity contribution < 1.29 is 4.74 Å². The molecular formula is C17H31N3O. The quantitative estimate of drug-likeness (QED) is 0.607. The van der Waals surface area contributed by atoms with E-state index in [4.69, 9.17) is 4.74 Å². The number of hydrogen-bond donors (Lipinski definition) is 2. The van der Waals surface area contributed by atoms with Crippen LogP contribution in [0, 0.1) is 17.3 Å². The Kier molecular flexibility index (Phi) is 4.17. The van der Waals surface area contributed by atoms with E-state index in [1.165, 1.54) is 32.1 Å². The molecule has 4 nitrogen and oxygen atoms in total. The summed E-state index contributed by atoms with van der Waals surface area (Å²) in [5.41, 5.74) is 0.208. The van der Waals surface area contributed by atoms with Crippen molar-refractivity contribution >= 4 is 5.96 Å². The zero-order valence-corrected chi connectivity index (χ0v) is 14.0. The van der Waals surface area contributed by atoms with E-state index in [1.54, 1.807) is 0 Å². The molecule has 4 heteroatoms. The number of nitrogens with zero attached hydrogens (tertiary/aromatic N) is 1. The summed E-state index contributed by atoms with van der Waals surface area (Å²) in [6.07, 6.45) is 6.83. The summed E-state index contributed by atoms with van der Waals surface area (Å²) >= 11 is 0. The molecule has 3 unspecified atom stereocenters. The average molecular weight is 293 g/mol. The lowest BCUT2D eigenvalue weighted by atomic mass is 9.57. The van der Waals surface area contributed by atoms with Gasteiger partial charge in [0.1, 0.15) is 0 Å². The molecule has 0 aromatic heterocycles. The topological polar surface area (TPSA) is 45.7 Å². The summed E-state index contributed by atoms with van der Waals surface area (Å²) in [5.74, 6) is 2.53. The molecule has 0 radical (unpaired) electrons. The predicted octanol–water partition coefficient (Wildman–Crippen LogP) is 2.54. The minimum absolute atomic E-state index is 0.208. The van der Waals surface area contributed by atoms with Crippen molar-refractivity contribution in [3.63, 3.8) is 0 Å². The summed E-state index contributed by atoms with van der Waals surface area (Å²) in [4.78, 5) is 4.46. The van der Waals surface area contributed by atoms with Gasteiger partial charge >= 0.3 is 0 Å². The SMILES string of the molecule is CN=C(NC1CCC(C)CC1)NC1C2CCOC2C1(C)C. The first-order valence-electron chi connectivity index (χ1n) is 8.64. The van der Waals surface area contributed by atoms with Gasteiger partial charge in [0.25, 0.3) is 0 Å². The number of rotatable bonds is 2. The third kappa shape index (κ3) is 2.79. The van der Waals surface area contributed by atoms with E-state index in [0.29, 0.717) is 24.1 Å². The molecule has 3 rings (SSSR count). The van der Waals surface area contributed by atoms with Crippen LogP contribution in [0.5, 0.6) is 0 Å². The van der Waals surface area contributed by atoms with Crippen LogP contribution in [0.1, 0.15) is 52.9 Å². The Morgan fingerprint density at radius 2 is 1.81 bits per heavy atom. The van der Waals surface area contributed by atoms with E-state index in [2.05, 4.69) is 36.4 Å². The Bertz CT molecular complexity index is 399. The molecule has 2 aliphatic carbocycles. The molecule has 0 aromatic rings. The number of hydrogen-bond acceptors (Lipinski definition) is 2. The van der Waals surface area contributed by atoms with Crippen LogP contribution < -0.4 is 10.6 Å². The molecule has 0 spiro atoms. The molecule has 1 aliphatic heterocycles. The fourth-order valence-corrected chi connectivity index (χ4v) is 4.53. The zero-order chi connectivity index (χ0) is 15.0. The van der Waals surface area contributed by atoms with E-state index < -0.39 is 0 Å². The number of guanidine groups is 1. The smallest absolute Gasteiger partial charge is 0.191 e. The van der Waals surface area contributed by atoms with Crippen molar-refractivity contribution in [2.45, 2.75) is 71.1 Å². The monoisotopic (exact) mass is 293 g/mol. The van der Waals surface area contributed by atoms with Crippen molar-refractivity contribution in [1.29, 1.82) is 0 Å². The van der Waals surface area contributed by atoms with Gasteiger partial charge in [-0.05, 0) is 38.0 Å². The predicted molar refractivity (Wildman–Crippen MR) is 86.5 cm³/mol. The van der Waals surface area contributed by atoms with Crippen LogP contribution >= 0.6 is 0 Å². The molecule has 0 amide bonds. The summed E-state index contributed by atoms with van der Waals surface area (Å²) in [6.45, 7) is 7.91. The molecule has 2 saturated carbocycles. The maximum atomic E-state index is 5.87. The van der Waals surface area contributed by atoms with Gasteiger partial charge in [-0.15, -0.1) is 0 Å². The highest BCUT2D eigenvalue weighted by Crippen LogP contribution is 2.52. The lowest BCUT2D eigenvalue weighted by Crippen LogP contribution is -2.68. The van der Waals surface area contributed by atoms with Crippen LogP contribution in [0.25, 0.3) is 0 Å². The van der Waals surface area contributed by atoms with E-state index >= 15 is 0 Å². The molecule has 21 heavy (non-hydrogen) atoms. The van der Waals surface area contributed by atoms with E-state index in [0.717, 1.165) is 18.5 Å². The van der Waals surface area contributed by atoms with Crippen molar-refractivity contribution in [3.05, 3.63) is 0 Å². The lowest BCUT2D eigenvalue weighted by Gasteiger charge is -2.55. The first-order valence-corrected chi connectivity index (χ1v) is 8.64. The van der Waals surface area contributed by atoms with Gasteiger partial charge in [-0.25, -0.2) is 0 Å². The molecule has 0 bridgehead atoms. The van der Waals surface area contributed by atoms with Crippen LogP contribution in [0.4, 0.5) is 0 Å². The number of nitrogens with one attached hydrogen (secondary N) is 2. The van der Waals surface area contributed by atoms with Crippen LogP contribution in [-0.4, -0.2) is 37.8 Å². The number of fused-ring (bicyclic) bond motifs is 1. The third-order valence-electron chi connectivity index (χ3n) is 5.97. The number of ether oxygens (including phenoxy) is 1. The second kappa shape index (κ2) is 5.79. The molecule has 1 saturated heterocycles. The fourth-order valence-electron chi connectivity index (χ4n) is 4.53. The van der Waals surface area contributed by atoms with Gasteiger partial charge in [0.15, 0.2) is 5.96 Å².